The lowest BCUT2D eigenvalue weighted by molar-refractivity contribution is -0.133. The molecule has 0 saturated carbocycles. The molecule has 0 bridgehead atoms. The van der Waals surface area contributed by atoms with Crippen LogP contribution in [0.4, 0.5) is 0 Å². The van der Waals surface area contributed by atoms with Crippen LogP contribution in [0.25, 0.3) is 0 Å². The third kappa shape index (κ3) is 2.19. The number of rotatable bonds is 1. The monoisotopic (exact) mass is 171 g/mol. The minimum atomic E-state index is -0.353. The molecule has 1 aliphatic rings. The number of nitrogens with two attached hydrogens (primary N) is 1. The van der Waals surface area contributed by atoms with E-state index in [-0.39, 0.29) is 11.9 Å². The second-order valence-electron chi connectivity index (χ2n) is 3.42. The van der Waals surface area contributed by atoms with Gasteiger partial charge in [0.1, 0.15) is 0 Å². The summed E-state index contributed by atoms with van der Waals surface area (Å²) in [5, 5.41) is 0. The van der Waals surface area contributed by atoms with Crippen LogP contribution in [-0.2, 0) is 4.79 Å². The Bertz CT molecular complexity index is 162. The molecule has 0 aromatic rings. The van der Waals surface area contributed by atoms with E-state index < -0.39 is 0 Å². The Balaban J connectivity index is 2.39. The van der Waals surface area contributed by atoms with E-state index in [1.165, 1.54) is 0 Å². The lowest BCUT2D eigenvalue weighted by Crippen LogP contribution is -2.51. The quantitative estimate of drug-likeness (QED) is 0.556. The zero-order valence-electron chi connectivity index (χ0n) is 7.79. The van der Waals surface area contributed by atoms with Gasteiger partial charge in [-0.05, 0) is 14.0 Å². The topological polar surface area (TPSA) is 49.6 Å². The maximum Gasteiger partial charge on any atom is 0.239 e. The highest BCUT2D eigenvalue weighted by atomic mass is 16.2. The number of carbonyl (C=O) groups is 1. The van der Waals surface area contributed by atoms with Gasteiger partial charge in [0, 0.05) is 26.2 Å². The van der Waals surface area contributed by atoms with Gasteiger partial charge in [-0.25, -0.2) is 0 Å². The van der Waals surface area contributed by atoms with Crippen molar-refractivity contribution in [3.05, 3.63) is 0 Å². The largest absolute Gasteiger partial charge is 0.339 e. The first-order chi connectivity index (χ1) is 5.61. The second kappa shape index (κ2) is 3.87. The summed E-state index contributed by atoms with van der Waals surface area (Å²) in [6.45, 7) is 5.28. The first-order valence-electron chi connectivity index (χ1n) is 4.34. The number of likely N-dealkylation sites (N-methyl/N-ethyl adjacent to an activating group) is 1. The molecule has 70 valence electrons. The van der Waals surface area contributed by atoms with Crippen molar-refractivity contribution in [3.63, 3.8) is 0 Å². The molecule has 0 unspecified atom stereocenters. The van der Waals surface area contributed by atoms with E-state index in [4.69, 9.17) is 5.73 Å². The summed E-state index contributed by atoms with van der Waals surface area (Å²) in [5.41, 5.74) is 5.50. The van der Waals surface area contributed by atoms with E-state index in [0.717, 1.165) is 26.2 Å². The second-order valence-corrected chi connectivity index (χ2v) is 3.42. The molecule has 4 nitrogen and oxygen atoms in total. The normalized spacial score (nSPS) is 22.4. The van der Waals surface area contributed by atoms with Crippen LogP contribution in [0, 0.1) is 0 Å². The molecule has 1 fully saturated rings. The van der Waals surface area contributed by atoms with E-state index in [0.29, 0.717) is 0 Å². The average molecular weight is 171 g/mol. The van der Waals surface area contributed by atoms with Crippen molar-refractivity contribution in [1.82, 2.24) is 9.80 Å². The maximum absolute atomic E-state index is 11.4. The zero-order chi connectivity index (χ0) is 9.14. The predicted molar refractivity (Wildman–Crippen MR) is 47.7 cm³/mol. The lowest BCUT2D eigenvalue weighted by atomic mass is 10.2. The number of nitrogens with zero attached hydrogens (tertiary/aromatic N) is 2. The Labute approximate surface area is 73.3 Å². The first-order valence-corrected chi connectivity index (χ1v) is 4.34. The van der Waals surface area contributed by atoms with Gasteiger partial charge in [0.05, 0.1) is 6.04 Å². The van der Waals surface area contributed by atoms with Crippen molar-refractivity contribution in [2.24, 2.45) is 5.73 Å². The molecule has 1 saturated heterocycles. The SMILES string of the molecule is C[C@H](N)C(=O)N1CCN(C)CC1. The van der Waals surface area contributed by atoms with Gasteiger partial charge in [0.15, 0.2) is 0 Å². The fourth-order valence-electron chi connectivity index (χ4n) is 1.31. The molecule has 1 atom stereocenters. The van der Waals surface area contributed by atoms with E-state index in [1.807, 2.05) is 4.90 Å². The Morgan fingerprint density at radius 1 is 1.33 bits per heavy atom. The Morgan fingerprint density at radius 3 is 2.25 bits per heavy atom. The molecule has 0 aliphatic carbocycles. The van der Waals surface area contributed by atoms with Gasteiger partial charge in [0.25, 0.3) is 0 Å². The van der Waals surface area contributed by atoms with E-state index >= 15 is 0 Å². The first kappa shape index (κ1) is 9.48. The third-order valence-electron chi connectivity index (χ3n) is 2.20. The molecular weight excluding hydrogens is 154 g/mol. The van der Waals surface area contributed by atoms with E-state index in [1.54, 1.807) is 6.92 Å². The molecule has 1 amide bonds. The van der Waals surface area contributed by atoms with Gasteiger partial charge in [-0.2, -0.15) is 0 Å². The van der Waals surface area contributed by atoms with Crippen LogP contribution in [0.5, 0.6) is 0 Å². The standard InChI is InChI=1S/C8H17N3O/c1-7(9)8(12)11-5-3-10(2)4-6-11/h7H,3-6,9H2,1-2H3/t7-/m0/s1. The molecule has 0 spiro atoms. The summed E-state index contributed by atoms with van der Waals surface area (Å²) >= 11 is 0. The predicted octanol–water partition coefficient (Wildman–Crippen LogP) is -0.892. The summed E-state index contributed by atoms with van der Waals surface area (Å²) in [6.07, 6.45) is 0. The number of hydrogen-bond acceptors (Lipinski definition) is 3. The van der Waals surface area contributed by atoms with Crippen LogP contribution < -0.4 is 5.73 Å². The van der Waals surface area contributed by atoms with Gasteiger partial charge >= 0.3 is 0 Å². The van der Waals surface area contributed by atoms with Crippen molar-refractivity contribution in [1.29, 1.82) is 0 Å². The number of hydrogen-bond donors (Lipinski definition) is 1. The zero-order valence-corrected chi connectivity index (χ0v) is 7.79. The highest BCUT2D eigenvalue weighted by molar-refractivity contribution is 5.81. The molecule has 2 N–H and O–H groups in total. The van der Waals surface area contributed by atoms with Crippen molar-refractivity contribution in [2.45, 2.75) is 13.0 Å². The summed E-state index contributed by atoms with van der Waals surface area (Å²) in [4.78, 5) is 15.4. The van der Waals surface area contributed by atoms with Crippen molar-refractivity contribution < 1.29 is 4.79 Å². The number of piperazine rings is 1. The fourth-order valence-corrected chi connectivity index (χ4v) is 1.31. The Morgan fingerprint density at radius 2 is 1.83 bits per heavy atom. The summed E-state index contributed by atoms with van der Waals surface area (Å²) in [5.74, 6) is 0.0723. The molecular formula is C8H17N3O. The van der Waals surface area contributed by atoms with Crippen molar-refractivity contribution in [2.75, 3.05) is 33.2 Å². The Hall–Kier alpha value is -0.610. The minimum Gasteiger partial charge on any atom is -0.339 e. The maximum atomic E-state index is 11.4. The van der Waals surface area contributed by atoms with Crippen molar-refractivity contribution >= 4 is 5.91 Å². The molecule has 1 rings (SSSR count). The van der Waals surface area contributed by atoms with Crippen LogP contribution in [0.15, 0.2) is 0 Å². The number of carbonyl (C=O) groups excluding carboxylic acids is 1. The molecule has 1 heterocycles. The third-order valence-corrected chi connectivity index (χ3v) is 2.20. The smallest absolute Gasteiger partial charge is 0.239 e. The summed E-state index contributed by atoms with van der Waals surface area (Å²) < 4.78 is 0. The van der Waals surface area contributed by atoms with E-state index in [2.05, 4.69) is 11.9 Å². The summed E-state index contributed by atoms with van der Waals surface area (Å²) in [7, 11) is 2.06. The van der Waals surface area contributed by atoms with Gasteiger partial charge < -0.3 is 15.5 Å². The molecule has 1 aliphatic heterocycles. The van der Waals surface area contributed by atoms with Crippen molar-refractivity contribution in [3.8, 4) is 0 Å². The fraction of sp³-hybridized carbons (Fsp3) is 0.875. The average Bonchev–Trinajstić information content (AvgIpc) is 2.04. The summed E-state index contributed by atoms with van der Waals surface area (Å²) in [6, 6.07) is -0.353. The molecule has 0 aromatic heterocycles. The highest BCUT2D eigenvalue weighted by Gasteiger charge is 2.20. The van der Waals surface area contributed by atoms with Gasteiger partial charge in [0.2, 0.25) is 5.91 Å². The van der Waals surface area contributed by atoms with Crippen LogP contribution >= 0.6 is 0 Å². The van der Waals surface area contributed by atoms with Gasteiger partial charge in [-0.15, -0.1) is 0 Å². The van der Waals surface area contributed by atoms with Crippen LogP contribution in [0.3, 0.4) is 0 Å². The van der Waals surface area contributed by atoms with Gasteiger partial charge in [-0.1, -0.05) is 0 Å². The lowest BCUT2D eigenvalue weighted by Gasteiger charge is -2.33. The minimum absolute atomic E-state index is 0.0723. The van der Waals surface area contributed by atoms with Crippen LogP contribution in [0.2, 0.25) is 0 Å². The molecule has 4 heteroatoms. The number of amides is 1. The molecule has 12 heavy (non-hydrogen) atoms. The van der Waals surface area contributed by atoms with Crippen LogP contribution in [0.1, 0.15) is 6.92 Å². The molecule has 0 radical (unpaired) electrons. The van der Waals surface area contributed by atoms with Crippen LogP contribution in [-0.4, -0.2) is 55.0 Å². The Kier molecular flexibility index (Phi) is 3.05. The molecule has 0 aromatic carbocycles. The van der Waals surface area contributed by atoms with Gasteiger partial charge in [-0.3, -0.25) is 4.79 Å². The highest BCUT2D eigenvalue weighted by Crippen LogP contribution is 2.00. The van der Waals surface area contributed by atoms with E-state index in [9.17, 15) is 4.79 Å².